The lowest BCUT2D eigenvalue weighted by molar-refractivity contribution is -0.0736. The van der Waals surface area contributed by atoms with Crippen LogP contribution in [0.25, 0.3) is 0 Å². The van der Waals surface area contributed by atoms with Crippen molar-refractivity contribution in [3.8, 4) is 0 Å². The van der Waals surface area contributed by atoms with Crippen molar-refractivity contribution in [3.63, 3.8) is 0 Å². The molecule has 1 saturated carbocycles. The van der Waals surface area contributed by atoms with Crippen LogP contribution in [0.1, 0.15) is 52.4 Å². The largest absolute Gasteiger partial charge is 0.390 e. The van der Waals surface area contributed by atoms with E-state index in [0.29, 0.717) is 30.8 Å². The summed E-state index contributed by atoms with van der Waals surface area (Å²) in [5, 5.41) is 10.9. The van der Waals surface area contributed by atoms with Crippen LogP contribution in [-0.4, -0.2) is 42.8 Å². The van der Waals surface area contributed by atoms with Crippen LogP contribution < -0.4 is 0 Å². The first-order valence-electron chi connectivity index (χ1n) is 7.88. The number of hydrogen-bond donors (Lipinski definition) is 1. The van der Waals surface area contributed by atoms with Crippen molar-refractivity contribution in [1.82, 2.24) is 4.31 Å². The predicted molar refractivity (Wildman–Crippen MR) is 80.9 cm³/mol. The van der Waals surface area contributed by atoms with E-state index in [9.17, 15) is 13.5 Å². The van der Waals surface area contributed by atoms with E-state index in [1.54, 1.807) is 4.31 Å². The monoisotopic (exact) mass is 303 g/mol. The molecule has 1 aliphatic heterocycles. The van der Waals surface area contributed by atoms with E-state index >= 15 is 0 Å². The Morgan fingerprint density at radius 2 is 2.00 bits per heavy atom. The van der Waals surface area contributed by atoms with Crippen LogP contribution in [0.4, 0.5) is 0 Å². The summed E-state index contributed by atoms with van der Waals surface area (Å²) in [6, 6.07) is 0. The molecule has 5 heteroatoms. The summed E-state index contributed by atoms with van der Waals surface area (Å²) in [5.41, 5.74) is -0.586. The maximum Gasteiger partial charge on any atom is 0.211 e. The van der Waals surface area contributed by atoms with E-state index in [1.165, 1.54) is 6.26 Å². The highest BCUT2D eigenvalue weighted by atomic mass is 32.2. The molecule has 1 saturated heterocycles. The summed E-state index contributed by atoms with van der Waals surface area (Å²) < 4.78 is 24.9. The Bertz CT molecular complexity index is 436. The van der Waals surface area contributed by atoms with Gasteiger partial charge in [0.25, 0.3) is 0 Å². The van der Waals surface area contributed by atoms with Crippen molar-refractivity contribution >= 4 is 10.0 Å². The minimum absolute atomic E-state index is 0.305. The SMILES string of the molecule is CC1CCC(O)(CC2CCCN(S(C)(=O)=O)C2)C(C)C1. The van der Waals surface area contributed by atoms with Gasteiger partial charge in [-0.2, -0.15) is 0 Å². The summed E-state index contributed by atoms with van der Waals surface area (Å²) in [6.07, 6.45) is 7.03. The van der Waals surface area contributed by atoms with Gasteiger partial charge >= 0.3 is 0 Å². The summed E-state index contributed by atoms with van der Waals surface area (Å²) >= 11 is 0. The molecular formula is C15H29NO3S. The van der Waals surface area contributed by atoms with Crippen molar-refractivity contribution in [1.29, 1.82) is 0 Å². The van der Waals surface area contributed by atoms with Crippen molar-refractivity contribution in [2.45, 2.75) is 58.0 Å². The third-order valence-electron chi connectivity index (χ3n) is 5.34. The van der Waals surface area contributed by atoms with E-state index < -0.39 is 15.6 Å². The van der Waals surface area contributed by atoms with Gasteiger partial charge < -0.3 is 5.11 Å². The van der Waals surface area contributed by atoms with Crippen molar-refractivity contribution in [3.05, 3.63) is 0 Å². The molecule has 0 bridgehead atoms. The molecule has 2 fully saturated rings. The first-order chi connectivity index (χ1) is 9.21. The fourth-order valence-electron chi connectivity index (χ4n) is 3.98. The minimum atomic E-state index is -3.09. The quantitative estimate of drug-likeness (QED) is 0.870. The number of nitrogens with zero attached hydrogens (tertiary/aromatic N) is 1. The van der Waals surface area contributed by atoms with Gasteiger partial charge in [-0.1, -0.05) is 13.8 Å². The molecule has 0 radical (unpaired) electrons. The molecule has 0 aromatic rings. The average Bonchev–Trinajstić information content (AvgIpc) is 2.34. The zero-order valence-corrected chi connectivity index (χ0v) is 13.8. The maximum atomic E-state index is 11.7. The molecule has 1 heterocycles. The topological polar surface area (TPSA) is 57.6 Å². The Hall–Kier alpha value is -0.130. The number of sulfonamides is 1. The molecule has 0 aromatic carbocycles. The van der Waals surface area contributed by atoms with Gasteiger partial charge in [0, 0.05) is 13.1 Å². The molecule has 2 aliphatic rings. The number of piperidine rings is 1. The third-order valence-corrected chi connectivity index (χ3v) is 6.61. The fraction of sp³-hybridized carbons (Fsp3) is 1.00. The van der Waals surface area contributed by atoms with Crippen molar-refractivity contribution in [2.75, 3.05) is 19.3 Å². The Morgan fingerprint density at radius 1 is 1.30 bits per heavy atom. The van der Waals surface area contributed by atoms with Gasteiger partial charge in [0.15, 0.2) is 0 Å². The summed E-state index contributed by atoms with van der Waals surface area (Å²) in [6.45, 7) is 5.62. The first kappa shape index (κ1) is 16.2. The summed E-state index contributed by atoms with van der Waals surface area (Å²) in [7, 11) is -3.09. The molecule has 20 heavy (non-hydrogen) atoms. The Labute approximate surface area is 123 Å². The summed E-state index contributed by atoms with van der Waals surface area (Å²) in [4.78, 5) is 0. The first-order valence-corrected chi connectivity index (χ1v) is 9.73. The second-order valence-electron chi connectivity index (χ2n) is 7.22. The zero-order valence-electron chi connectivity index (χ0n) is 13.0. The standard InChI is InChI=1S/C15H29NO3S/c1-12-6-7-15(17,13(2)9-12)10-14-5-4-8-16(11-14)20(3,18)19/h12-14,17H,4-11H2,1-3H3. The molecule has 4 unspecified atom stereocenters. The Balaban J connectivity index is 1.99. The lowest BCUT2D eigenvalue weighted by Gasteiger charge is -2.44. The average molecular weight is 303 g/mol. The molecule has 0 amide bonds. The van der Waals surface area contributed by atoms with E-state index in [-0.39, 0.29) is 0 Å². The molecular weight excluding hydrogens is 274 g/mol. The van der Waals surface area contributed by atoms with Gasteiger partial charge in [-0.3, -0.25) is 0 Å². The van der Waals surface area contributed by atoms with Crippen LogP contribution in [0.3, 0.4) is 0 Å². The predicted octanol–water partition coefficient (Wildman–Crippen LogP) is 2.24. The van der Waals surface area contributed by atoms with Gasteiger partial charge in [-0.15, -0.1) is 0 Å². The van der Waals surface area contributed by atoms with Gasteiger partial charge in [-0.05, 0) is 56.3 Å². The molecule has 1 N–H and O–H groups in total. The second kappa shape index (κ2) is 5.93. The Morgan fingerprint density at radius 3 is 2.60 bits per heavy atom. The zero-order chi connectivity index (χ0) is 15.0. The highest BCUT2D eigenvalue weighted by Gasteiger charge is 2.41. The fourth-order valence-corrected chi connectivity index (χ4v) is 4.92. The molecule has 1 aliphatic carbocycles. The van der Waals surface area contributed by atoms with Gasteiger partial charge in [0.05, 0.1) is 11.9 Å². The van der Waals surface area contributed by atoms with E-state index in [2.05, 4.69) is 13.8 Å². The van der Waals surface area contributed by atoms with Crippen LogP contribution in [-0.2, 0) is 10.0 Å². The number of hydrogen-bond acceptors (Lipinski definition) is 3. The van der Waals surface area contributed by atoms with Crippen LogP contribution in [0.5, 0.6) is 0 Å². The van der Waals surface area contributed by atoms with Crippen LogP contribution in [0.2, 0.25) is 0 Å². The van der Waals surface area contributed by atoms with Gasteiger partial charge in [0.2, 0.25) is 10.0 Å². The van der Waals surface area contributed by atoms with Gasteiger partial charge in [0.1, 0.15) is 0 Å². The normalized spacial score (nSPS) is 40.7. The van der Waals surface area contributed by atoms with Crippen molar-refractivity contribution < 1.29 is 13.5 Å². The number of rotatable bonds is 3. The lowest BCUT2D eigenvalue weighted by Crippen LogP contribution is -2.46. The second-order valence-corrected chi connectivity index (χ2v) is 9.20. The molecule has 4 nitrogen and oxygen atoms in total. The smallest absolute Gasteiger partial charge is 0.211 e. The lowest BCUT2D eigenvalue weighted by atomic mass is 9.68. The molecule has 0 aromatic heterocycles. The van der Waals surface area contributed by atoms with Crippen molar-refractivity contribution in [2.24, 2.45) is 17.8 Å². The molecule has 2 rings (SSSR count). The molecule has 118 valence electrons. The maximum absolute atomic E-state index is 11.7. The third kappa shape index (κ3) is 3.74. The van der Waals surface area contributed by atoms with Crippen LogP contribution in [0.15, 0.2) is 0 Å². The van der Waals surface area contributed by atoms with E-state index in [4.69, 9.17) is 0 Å². The highest BCUT2D eigenvalue weighted by Crippen LogP contribution is 2.41. The molecule has 4 atom stereocenters. The van der Waals surface area contributed by atoms with E-state index in [1.807, 2.05) is 0 Å². The Kier molecular flexibility index (Phi) is 4.82. The summed E-state index contributed by atoms with van der Waals surface area (Å²) in [5.74, 6) is 1.32. The molecule has 0 spiro atoms. The van der Waals surface area contributed by atoms with Gasteiger partial charge in [-0.25, -0.2) is 12.7 Å². The van der Waals surface area contributed by atoms with Crippen LogP contribution >= 0.6 is 0 Å². The van der Waals surface area contributed by atoms with E-state index in [0.717, 1.165) is 38.5 Å². The highest BCUT2D eigenvalue weighted by molar-refractivity contribution is 7.88. The minimum Gasteiger partial charge on any atom is -0.390 e. The van der Waals surface area contributed by atoms with Crippen LogP contribution in [0, 0.1) is 17.8 Å². The number of aliphatic hydroxyl groups is 1.